The van der Waals surface area contributed by atoms with Gasteiger partial charge in [-0.25, -0.2) is 0 Å². The van der Waals surface area contributed by atoms with Gasteiger partial charge in [-0.05, 0) is 72.3 Å². The first-order valence-corrected chi connectivity index (χ1v) is 13.4. The number of hydrogen-bond acceptors (Lipinski definition) is 4. The quantitative estimate of drug-likeness (QED) is 0.420. The van der Waals surface area contributed by atoms with Gasteiger partial charge < -0.3 is 20.1 Å². The van der Waals surface area contributed by atoms with Crippen LogP contribution in [0.25, 0.3) is 0 Å². The fraction of sp³-hybridized carbons (Fsp3) is 0.793. The standard InChI is InChI=1S/C29H48O4/c1-19(2)8-6-9-20(3)24-13-14-25-22(10-7-15-29(24,25)5)11-12-23-18-26(31)28(33-17-16-30)27(32)21(23)4/h11-12,19-20,24-28,30-32H,4,6-10,13-18H2,1-3,5H3/b22-11+,23-12+/t20-,24-,25+,26-,27-,28-,29-/m1/s1. The van der Waals surface area contributed by atoms with Gasteiger partial charge in [0.05, 0.1) is 19.3 Å². The molecule has 4 nitrogen and oxygen atoms in total. The van der Waals surface area contributed by atoms with E-state index in [2.05, 4.69) is 46.4 Å². The lowest BCUT2D eigenvalue weighted by Crippen LogP contribution is -2.45. The maximum absolute atomic E-state index is 10.6. The van der Waals surface area contributed by atoms with E-state index in [0.29, 0.717) is 23.3 Å². The van der Waals surface area contributed by atoms with Gasteiger partial charge in [0.15, 0.2) is 0 Å². The van der Waals surface area contributed by atoms with Gasteiger partial charge in [0.2, 0.25) is 0 Å². The molecule has 0 radical (unpaired) electrons. The van der Waals surface area contributed by atoms with E-state index in [1.165, 1.54) is 44.9 Å². The van der Waals surface area contributed by atoms with Crippen molar-refractivity contribution in [1.82, 2.24) is 0 Å². The molecule has 4 heteroatoms. The van der Waals surface area contributed by atoms with Crippen LogP contribution in [0.2, 0.25) is 0 Å². The van der Waals surface area contributed by atoms with Crippen LogP contribution >= 0.6 is 0 Å². The van der Waals surface area contributed by atoms with Crippen molar-refractivity contribution in [2.75, 3.05) is 13.2 Å². The van der Waals surface area contributed by atoms with Crippen LogP contribution in [0.5, 0.6) is 0 Å². The van der Waals surface area contributed by atoms with Gasteiger partial charge in [-0.1, -0.05) is 71.3 Å². The number of aliphatic hydroxyl groups is 3. The number of rotatable bonds is 9. The third-order valence-corrected chi connectivity index (χ3v) is 8.95. The van der Waals surface area contributed by atoms with Crippen LogP contribution < -0.4 is 0 Å². The third kappa shape index (κ3) is 6.01. The van der Waals surface area contributed by atoms with E-state index in [-0.39, 0.29) is 13.2 Å². The second-order valence-electron chi connectivity index (χ2n) is 11.6. The first-order chi connectivity index (χ1) is 15.7. The molecule has 0 aromatic heterocycles. The fourth-order valence-electron chi connectivity index (χ4n) is 7.11. The van der Waals surface area contributed by atoms with Gasteiger partial charge in [0.1, 0.15) is 12.2 Å². The molecular formula is C29H48O4. The molecule has 0 aliphatic heterocycles. The average Bonchev–Trinajstić information content (AvgIpc) is 3.12. The molecule has 0 bridgehead atoms. The third-order valence-electron chi connectivity index (χ3n) is 8.95. The number of allylic oxidation sites excluding steroid dienone is 3. The second kappa shape index (κ2) is 11.7. The average molecular weight is 461 g/mol. The molecular weight excluding hydrogens is 412 g/mol. The molecule has 0 aromatic rings. The highest BCUT2D eigenvalue weighted by molar-refractivity contribution is 5.40. The van der Waals surface area contributed by atoms with Gasteiger partial charge in [-0.15, -0.1) is 0 Å². The van der Waals surface area contributed by atoms with Crippen LogP contribution in [-0.4, -0.2) is 46.8 Å². The predicted molar refractivity (Wildman–Crippen MR) is 135 cm³/mol. The Morgan fingerprint density at radius 2 is 1.91 bits per heavy atom. The van der Waals surface area contributed by atoms with E-state index < -0.39 is 18.3 Å². The van der Waals surface area contributed by atoms with Crippen LogP contribution in [0.1, 0.15) is 85.5 Å². The molecule has 3 aliphatic carbocycles. The van der Waals surface area contributed by atoms with Crippen molar-refractivity contribution in [3.63, 3.8) is 0 Å². The van der Waals surface area contributed by atoms with E-state index >= 15 is 0 Å². The van der Waals surface area contributed by atoms with Crippen molar-refractivity contribution in [2.45, 2.75) is 104 Å². The van der Waals surface area contributed by atoms with E-state index in [1.807, 2.05) is 0 Å². The Hall–Kier alpha value is -0.940. The maximum Gasteiger partial charge on any atom is 0.114 e. The lowest BCUT2D eigenvalue weighted by Gasteiger charge is -2.44. The smallest absolute Gasteiger partial charge is 0.114 e. The van der Waals surface area contributed by atoms with Crippen molar-refractivity contribution in [2.24, 2.45) is 29.1 Å². The van der Waals surface area contributed by atoms with E-state index in [9.17, 15) is 10.2 Å². The summed E-state index contributed by atoms with van der Waals surface area (Å²) in [6, 6.07) is 0. The minimum atomic E-state index is -0.941. The minimum Gasteiger partial charge on any atom is -0.394 e. The monoisotopic (exact) mass is 460 g/mol. The van der Waals surface area contributed by atoms with Crippen molar-refractivity contribution in [1.29, 1.82) is 0 Å². The summed E-state index contributed by atoms with van der Waals surface area (Å²) in [5.74, 6) is 3.04. The summed E-state index contributed by atoms with van der Waals surface area (Å²) in [5.41, 5.74) is 3.48. The first-order valence-electron chi connectivity index (χ1n) is 13.4. The molecule has 0 heterocycles. The zero-order valence-electron chi connectivity index (χ0n) is 21.4. The fourth-order valence-corrected chi connectivity index (χ4v) is 7.11. The van der Waals surface area contributed by atoms with Crippen LogP contribution in [-0.2, 0) is 4.74 Å². The molecule has 3 fully saturated rings. The van der Waals surface area contributed by atoms with E-state index in [4.69, 9.17) is 9.84 Å². The zero-order chi connectivity index (χ0) is 24.2. The molecule has 0 aromatic carbocycles. The molecule has 3 saturated carbocycles. The Morgan fingerprint density at radius 3 is 2.61 bits per heavy atom. The Labute approximate surface area is 201 Å². The van der Waals surface area contributed by atoms with Gasteiger partial charge in [-0.2, -0.15) is 0 Å². The SMILES string of the molecule is C=C1/C(=C/C=C2\CCC[C@]3(C)[C@@H]([C@H](C)CCCC(C)C)CC[C@@H]23)C[C@@H](O)[C@@H](OCCO)[C@@H]1O. The molecule has 3 rings (SSSR count). The Balaban J connectivity index is 1.70. The lowest BCUT2D eigenvalue weighted by molar-refractivity contribution is -0.101. The highest BCUT2D eigenvalue weighted by Gasteiger charge is 2.50. The lowest BCUT2D eigenvalue weighted by atomic mass is 9.60. The maximum atomic E-state index is 10.6. The van der Waals surface area contributed by atoms with E-state index in [0.717, 1.165) is 29.7 Å². The zero-order valence-corrected chi connectivity index (χ0v) is 21.4. The predicted octanol–water partition coefficient (Wildman–Crippen LogP) is 5.58. The normalized spacial score (nSPS) is 38.3. The molecule has 3 N–H and O–H groups in total. The van der Waals surface area contributed by atoms with Gasteiger partial charge in [-0.3, -0.25) is 0 Å². The number of fused-ring (bicyclic) bond motifs is 1. The van der Waals surface area contributed by atoms with Crippen LogP contribution in [0.4, 0.5) is 0 Å². The summed E-state index contributed by atoms with van der Waals surface area (Å²) in [4.78, 5) is 0. The summed E-state index contributed by atoms with van der Waals surface area (Å²) in [6.07, 6.45) is 12.7. The number of hydrogen-bond donors (Lipinski definition) is 3. The molecule has 0 saturated heterocycles. The first kappa shape index (κ1) is 26.7. The summed E-state index contributed by atoms with van der Waals surface area (Å²) < 4.78 is 5.46. The highest BCUT2D eigenvalue weighted by atomic mass is 16.5. The summed E-state index contributed by atoms with van der Waals surface area (Å²) in [7, 11) is 0. The molecule has 0 spiro atoms. The van der Waals surface area contributed by atoms with Gasteiger partial charge in [0.25, 0.3) is 0 Å². The Kier molecular flexibility index (Phi) is 9.42. The number of ether oxygens (including phenoxy) is 1. The van der Waals surface area contributed by atoms with Crippen LogP contribution in [0.15, 0.2) is 35.5 Å². The molecule has 3 aliphatic rings. The minimum absolute atomic E-state index is 0.104. The molecule has 33 heavy (non-hydrogen) atoms. The largest absolute Gasteiger partial charge is 0.394 e. The van der Waals surface area contributed by atoms with Crippen LogP contribution in [0, 0.1) is 29.1 Å². The van der Waals surface area contributed by atoms with Crippen molar-refractivity contribution in [3.05, 3.63) is 35.5 Å². The molecule has 7 atom stereocenters. The van der Waals surface area contributed by atoms with Crippen molar-refractivity contribution >= 4 is 0 Å². The summed E-state index contributed by atoms with van der Waals surface area (Å²) >= 11 is 0. The van der Waals surface area contributed by atoms with Crippen LogP contribution in [0.3, 0.4) is 0 Å². The van der Waals surface area contributed by atoms with Crippen molar-refractivity contribution < 1.29 is 20.1 Å². The van der Waals surface area contributed by atoms with Gasteiger partial charge in [0, 0.05) is 6.42 Å². The molecule has 0 unspecified atom stereocenters. The molecule has 188 valence electrons. The Morgan fingerprint density at radius 1 is 1.15 bits per heavy atom. The summed E-state index contributed by atoms with van der Waals surface area (Å²) in [6.45, 7) is 13.7. The molecule has 0 amide bonds. The Bertz CT molecular complexity index is 723. The second-order valence-corrected chi connectivity index (χ2v) is 11.6. The number of aliphatic hydroxyl groups excluding tert-OH is 3. The topological polar surface area (TPSA) is 69.9 Å². The summed E-state index contributed by atoms with van der Waals surface area (Å²) in [5, 5.41) is 30.1. The van der Waals surface area contributed by atoms with Gasteiger partial charge >= 0.3 is 0 Å². The van der Waals surface area contributed by atoms with Crippen molar-refractivity contribution in [3.8, 4) is 0 Å². The van der Waals surface area contributed by atoms with E-state index in [1.54, 1.807) is 5.57 Å². The highest BCUT2D eigenvalue weighted by Crippen LogP contribution is 2.60.